The molecule has 16 heavy (non-hydrogen) atoms. The fraction of sp³-hybridized carbons (Fsp3) is 1.00. The van der Waals surface area contributed by atoms with Crippen LogP contribution in [0.25, 0.3) is 0 Å². The predicted molar refractivity (Wildman–Crippen MR) is 66.0 cm³/mol. The molecule has 1 nitrogen and oxygen atoms in total. The quantitative estimate of drug-likeness (QED) is 0.665. The predicted octanol–water partition coefficient (Wildman–Crippen LogP) is 3.47. The molecule has 3 saturated carbocycles. The summed E-state index contributed by atoms with van der Waals surface area (Å²) in [4.78, 5) is 0. The SMILES string of the molecule is C[C@H]1CC[C@@H]2[C@H]1[C@@H]1[C@H](CC[C@@]2(C)O)C1(C)C. The molecule has 3 aliphatic carbocycles. The first kappa shape index (κ1) is 11.1. The molecule has 0 heterocycles. The minimum absolute atomic E-state index is 0.376. The zero-order valence-corrected chi connectivity index (χ0v) is 11.2. The third-order valence-electron chi connectivity index (χ3n) is 6.37. The van der Waals surface area contributed by atoms with E-state index in [9.17, 15) is 5.11 Å². The number of fused-ring (bicyclic) bond motifs is 3. The molecule has 0 aromatic carbocycles. The molecule has 0 amide bonds. The molecule has 0 spiro atoms. The Labute approximate surface area is 99.6 Å². The van der Waals surface area contributed by atoms with Crippen LogP contribution < -0.4 is 0 Å². The summed E-state index contributed by atoms with van der Waals surface area (Å²) >= 11 is 0. The molecular formula is C15H26O. The van der Waals surface area contributed by atoms with Gasteiger partial charge in [-0.1, -0.05) is 27.2 Å². The van der Waals surface area contributed by atoms with Crippen LogP contribution in [0.4, 0.5) is 0 Å². The van der Waals surface area contributed by atoms with E-state index in [-0.39, 0.29) is 5.60 Å². The summed E-state index contributed by atoms with van der Waals surface area (Å²) < 4.78 is 0. The Morgan fingerprint density at radius 3 is 2.38 bits per heavy atom. The van der Waals surface area contributed by atoms with E-state index in [1.165, 1.54) is 19.3 Å². The van der Waals surface area contributed by atoms with E-state index >= 15 is 0 Å². The van der Waals surface area contributed by atoms with Gasteiger partial charge in [0.25, 0.3) is 0 Å². The second kappa shape index (κ2) is 3.04. The van der Waals surface area contributed by atoms with E-state index in [4.69, 9.17) is 0 Å². The number of rotatable bonds is 0. The third kappa shape index (κ3) is 1.27. The lowest BCUT2D eigenvalue weighted by atomic mass is 9.74. The van der Waals surface area contributed by atoms with E-state index in [1.807, 2.05) is 0 Å². The molecule has 0 aromatic rings. The maximum Gasteiger partial charge on any atom is 0.0650 e. The van der Waals surface area contributed by atoms with Crippen LogP contribution in [0.15, 0.2) is 0 Å². The maximum absolute atomic E-state index is 10.7. The van der Waals surface area contributed by atoms with Gasteiger partial charge in [0.05, 0.1) is 5.60 Å². The Hall–Kier alpha value is -0.0400. The standard InChI is InChI=1S/C15H26O/c1-9-5-6-10-12(9)13-11(14(13,2)3)7-8-15(10,4)16/h9-13,16H,5-8H2,1-4H3/t9-,10+,11-,12-,13-,15+/m0/s1. The number of hydrogen-bond acceptors (Lipinski definition) is 1. The van der Waals surface area contributed by atoms with Crippen molar-refractivity contribution in [1.82, 2.24) is 0 Å². The topological polar surface area (TPSA) is 20.2 Å². The van der Waals surface area contributed by atoms with Crippen molar-refractivity contribution in [3.05, 3.63) is 0 Å². The summed E-state index contributed by atoms with van der Waals surface area (Å²) in [6.45, 7) is 9.41. The molecule has 3 fully saturated rings. The Bertz CT molecular complexity index is 305. The van der Waals surface area contributed by atoms with Gasteiger partial charge in [-0.25, -0.2) is 0 Å². The average Bonchev–Trinajstić information content (AvgIpc) is 2.51. The maximum atomic E-state index is 10.7. The van der Waals surface area contributed by atoms with Crippen LogP contribution in [0.3, 0.4) is 0 Å². The van der Waals surface area contributed by atoms with Crippen LogP contribution in [-0.4, -0.2) is 10.7 Å². The van der Waals surface area contributed by atoms with Crippen LogP contribution >= 0.6 is 0 Å². The summed E-state index contributed by atoms with van der Waals surface area (Å²) in [5, 5.41) is 10.7. The zero-order chi connectivity index (χ0) is 11.7. The van der Waals surface area contributed by atoms with Crippen molar-refractivity contribution in [2.75, 3.05) is 0 Å². The van der Waals surface area contributed by atoms with E-state index in [0.717, 1.165) is 30.1 Å². The van der Waals surface area contributed by atoms with Crippen LogP contribution in [0.1, 0.15) is 53.4 Å². The molecule has 0 saturated heterocycles. The van der Waals surface area contributed by atoms with Gasteiger partial charge < -0.3 is 5.11 Å². The van der Waals surface area contributed by atoms with Crippen molar-refractivity contribution in [2.24, 2.45) is 35.0 Å². The van der Waals surface area contributed by atoms with Gasteiger partial charge in [-0.2, -0.15) is 0 Å². The van der Waals surface area contributed by atoms with Gasteiger partial charge in [0.2, 0.25) is 0 Å². The highest BCUT2D eigenvalue weighted by molar-refractivity contribution is 5.14. The van der Waals surface area contributed by atoms with E-state index in [1.54, 1.807) is 0 Å². The Kier molecular flexibility index (Phi) is 2.11. The lowest BCUT2D eigenvalue weighted by molar-refractivity contribution is -0.0302. The van der Waals surface area contributed by atoms with Crippen LogP contribution in [0.5, 0.6) is 0 Å². The van der Waals surface area contributed by atoms with Gasteiger partial charge in [0, 0.05) is 0 Å². The molecule has 92 valence electrons. The van der Waals surface area contributed by atoms with Crippen molar-refractivity contribution >= 4 is 0 Å². The monoisotopic (exact) mass is 222 g/mol. The summed E-state index contributed by atoms with van der Waals surface area (Å²) in [5.74, 6) is 4.03. The van der Waals surface area contributed by atoms with Gasteiger partial charge in [-0.15, -0.1) is 0 Å². The first-order chi connectivity index (χ1) is 7.36. The van der Waals surface area contributed by atoms with E-state index in [2.05, 4.69) is 27.7 Å². The van der Waals surface area contributed by atoms with Gasteiger partial charge in [-0.3, -0.25) is 0 Å². The first-order valence-electron chi connectivity index (χ1n) is 7.08. The van der Waals surface area contributed by atoms with Crippen molar-refractivity contribution < 1.29 is 5.11 Å². The largest absolute Gasteiger partial charge is 0.390 e. The summed E-state index contributed by atoms with van der Waals surface area (Å²) in [7, 11) is 0. The lowest BCUT2D eigenvalue weighted by Gasteiger charge is -2.35. The normalized spacial score (nSPS) is 58.7. The second-order valence-electron chi connectivity index (χ2n) is 7.59. The second-order valence-corrected chi connectivity index (χ2v) is 7.59. The molecule has 1 heteroatoms. The smallest absolute Gasteiger partial charge is 0.0650 e. The van der Waals surface area contributed by atoms with Crippen molar-refractivity contribution in [2.45, 2.75) is 59.0 Å². The molecular weight excluding hydrogens is 196 g/mol. The summed E-state index contributed by atoms with van der Waals surface area (Å²) in [6.07, 6.45) is 4.89. The summed E-state index contributed by atoms with van der Waals surface area (Å²) in [5.41, 5.74) is 0.191. The minimum Gasteiger partial charge on any atom is -0.390 e. The highest BCUT2D eigenvalue weighted by Crippen LogP contribution is 2.71. The minimum atomic E-state index is -0.376. The Morgan fingerprint density at radius 1 is 1.00 bits per heavy atom. The van der Waals surface area contributed by atoms with E-state index < -0.39 is 0 Å². The molecule has 0 aromatic heterocycles. The molecule has 0 radical (unpaired) electrons. The molecule has 3 aliphatic rings. The van der Waals surface area contributed by atoms with Gasteiger partial charge in [0.15, 0.2) is 0 Å². The number of aliphatic hydroxyl groups is 1. The molecule has 1 N–H and O–H groups in total. The average molecular weight is 222 g/mol. The molecule has 0 aliphatic heterocycles. The van der Waals surface area contributed by atoms with Crippen molar-refractivity contribution in [3.63, 3.8) is 0 Å². The number of hydrogen-bond donors (Lipinski definition) is 1. The third-order valence-corrected chi connectivity index (χ3v) is 6.37. The fourth-order valence-electron chi connectivity index (χ4n) is 5.29. The highest BCUT2D eigenvalue weighted by Gasteiger charge is 2.66. The Balaban J connectivity index is 1.94. The first-order valence-corrected chi connectivity index (χ1v) is 7.08. The lowest BCUT2D eigenvalue weighted by Crippen LogP contribution is -2.38. The van der Waals surface area contributed by atoms with Gasteiger partial charge in [-0.05, 0) is 61.2 Å². The molecule has 0 unspecified atom stereocenters. The zero-order valence-electron chi connectivity index (χ0n) is 11.2. The molecule has 6 atom stereocenters. The van der Waals surface area contributed by atoms with Crippen LogP contribution in [0.2, 0.25) is 0 Å². The van der Waals surface area contributed by atoms with Gasteiger partial charge >= 0.3 is 0 Å². The molecule has 0 bridgehead atoms. The highest BCUT2D eigenvalue weighted by atomic mass is 16.3. The Morgan fingerprint density at radius 2 is 1.69 bits per heavy atom. The molecule has 3 rings (SSSR count). The van der Waals surface area contributed by atoms with Gasteiger partial charge in [0.1, 0.15) is 0 Å². The fourth-order valence-corrected chi connectivity index (χ4v) is 5.29. The van der Waals surface area contributed by atoms with Crippen LogP contribution in [0, 0.1) is 35.0 Å². The van der Waals surface area contributed by atoms with Crippen molar-refractivity contribution in [1.29, 1.82) is 0 Å². The van der Waals surface area contributed by atoms with E-state index in [0.29, 0.717) is 11.3 Å². The summed E-state index contributed by atoms with van der Waals surface area (Å²) in [6, 6.07) is 0. The van der Waals surface area contributed by atoms with Crippen LogP contribution in [-0.2, 0) is 0 Å². The van der Waals surface area contributed by atoms with Crippen molar-refractivity contribution in [3.8, 4) is 0 Å².